The zero-order valence-corrected chi connectivity index (χ0v) is 8.20. The zero-order valence-electron chi connectivity index (χ0n) is 8.20. The van der Waals surface area contributed by atoms with Gasteiger partial charge in [0.25, 0.3) is 0 Å². The van der Waals surface area contributed by atoms with E-state index in [-0.39, 0.29) is 0 Å². The summed E-state index contributed by atoms with van der Waals surface area (Å²) >= 11 is 0. The number of unbranched alkanes of at least 4 members (excludes halogenated alkanes) is 2. The van der Waals surface area contributed by atoms with Crippen molar-refractivity contribution in [3.8, 4) is 0 Å². The fourth-order valence-corrected chi connectivity index (χ4v) is 1.13. The van der Waals surface area contributed by atoms with E-state index in [2.05, 4.69) is 10.9 Å². The molecule has 3 nitrogen and oxygen atoms in total. The number of nitrogens with one attached hydrogen (secondary N) is 2. The lowest BCUT2D eigenvalue weighted by Gasteiger charge is -2.06. The maximum absolute atomic E-state index is 10.0. The van der Waals surface area contributed by atoms with Crippen LogP contribution in [0.5, 0.6) is 0 Å². The van der Waals surface area contributed by atoms with E-state index in [4.69, 9.17) is 0 Å². The number of carbonyl (C=O) groups is 1. The van der Waals surface area contributed by atoms with Gasteiger partial charge in [-0.25, -0.2) is 5.43 Å². The Bertz CT molecular complexity index is 249. The van der Waals surface area contributed by atoms with Gasteiger partial charge in [0, 0.05) is 18.7 Å². The van der Waals surface area contributed by atoms with E-state index in [0.717, 1.165) is 31.4 Å². The monoisotopic (exact) mass is 192 g/mol. The van der Waals surface area contributed by atoms with Gasteiger partial charge in [-0.2, -0.15) is 0 Å². The number of anilines is 1. The Labute approximate surface area is 84.5 Å². The van der Waals surface area contributed by atoms with Gasteiger partial charge in [-0.15, -0.1) is 0 Å². The highest BCUT2D eigenvalue weighted by molar-refractivity contribution is 5.48. The van der Waals surface area contributed by atoms with Gasteiger partial charge in [0.05, 0.1) is 0 Å². The first-order valence-corrected chi connectivity index (χ1v) is 4.91. The number of para-hydroxylation sites is 1. The molecule has 0 bridgehead atoms. The number of aldehydes is 1. The van der Waals surface area contributed by atoms with Gasteiger partial charge >= 0.3 is 0 Å². The average Bonchev–Trinajstić information content (AvgIpc) is 2.25. The Morgan fingerprint density at radius 1 is 1.14 bits per heavy atom. The predicted molar refractivity (Wildman–Crippen MR) is 58.0 cm³/mol. The summed E-state index contributed by atoms with van der Waals surface area (Å²) in [5.41, 5.74) is 7.24. The molecule has 3 heteroatoms. The summed E-state index contributed by atoms with van der Waals surface area (Å²) in [6.07, 6.45) is 3.59. The van der Waals surface area contributed by atoms with Crippen LogP contribution in [0, 0.1) is 0 Å². The van der Waals surface area contributed by atoms with Crippen LogP contribution in [-0.4, -0.2) is 12.8 Å². The van der Waals surface area contributed by atoms with Crippen LogP contribution in [0.25, 0.3) is 0 Å². The number of hydrazine groups is 1. The van der Waals surface area contributed by atoms with Crippen molar-refractivity contribution in [1.29, 1.82) is 0 Å². The third-order valence-corrected chi connectivity index (χ3v) is 1.88. The molecule has 0 fully saturated rings. The van der Waals surface area contributed by atoms with Crippen LogP contribution in [0.3, 0.4) is 0 Å². The van der Waals surface area contributed by atoms with Crippen molar-refractivity contribution in [3.05, 3.63) is 30.3 Å². The van der Waals surface area contributed by atoms with Crippen molar-refractivity contribution < 1.29 is 4.79 Å². The van der Waals surface area contributed by atoms with Crippen LogP contribution in [0.1, 0.15) is 19.3 Å². The molecule has 0 aromatic heterocycles. The topological polar surface area (TPSA) is 41.1 Å². The number of carbonyl (C=O) groups excluding carboxylic acids is 1. The molecule has 1 aromatic rings. The quantitative estimate of drug-likeness (QED) is 0.394. The Kier molecular flexibility index (Phi) is 5.43. The fraction of sp³-hybridized carbons (Fsp3) is 0.364. The molecule has 0 saturated heterocycles. The number of hydrogen-bond acceptors (Lipinski definition) is 3. The third-order valence-electron chi connectivity index (χ3n) is 1.88. The van der Waals surface area contributed by atoms with Gasteiger partial charge in [-0.05, 0) is 25.0 Å². The number of rotatable bonds is 7. The van der Waals surface area contributed by atoms with E-state index in [1.54, 1.807) is 0 Å². The van der Waals surface area contributed by atoms with Crippen LogP contribution < -0.4 is 10.9 Å². The Morgan fingerprint density at radius 3 is 2.64 bits per heavy atom. The van der Waals surface area contributed by atoms with E-state index in [1.807, 2.05) is 30.3 Å². The molecule has 0 amide bonds. The van der Waals surface area contributed by atoms with Gasteiger partial charge in [-0.1, -0.05) is 18.2 Å². The van der Waals surface area contributed by atoms with E-state index in [1.165, 1.54) is 0 Å². The highest BCUT2D eigenvalue weighted by Gasteiger charge is 1.89. The van der Waals surface area contributed by atoms with Gasteiger partial charge in [0.15, 0.2) is 0 Å². The van der Waals surface area contributed by atoms with Crippen molar-refractivity contribution in [2.75, 3.05) is 12.0 Å². The molecule has 0 aliphatic rings. The van der Waals surface area contributed by atoms with E-state index in [9.17, 15) is 4.79 Å². The highest BCUT2D eigenvalue weighted by atomic mass is 16.1. The molecule has 1 aromatic carbocycles. The van der Waals surface area contributed by atoms with E-state index in [0.29, 0.717) is 6.42 Å². The molecule has 0 heterocycles. The van der Waals surface area contributed by atoms with Gasteiger partial charge in [-0.3, -0.25) is 0 Å². The minimum absolute atomic E-state index is 0.660. The molecule has 0 aliphatic carbocycles. The maximum atomic E-state index is 10.0. The Hall–Kier alpha value is -1.35. The molecule has 14 heavy (non-hydrogen) atoms. The molecule has 0 atom stereocenters. The van der Waals surface area contributed by atoms with Crippen molar-refractivity contribution in [3.63, 3.8) is 0 Å². The first kappa shape index (κ1) is 10.7. The lowest BCUT2D eigenvalue weighted by atomic mass is 10.2. The largest absolute Gasteiger partial charge is 0.322 e. The summed E-state index contributed by atoms with van der Waals surface area (Å²) in [5.74, 6) is 0. The second-order valence-electron chi connectivity index (χ2n) is 3.08. The second-order valence-corrected chi connectivity index (χ2v) is 3.08. The molecule has 76 valence electrons. The van der Waals surface area contributed by atoms with Crippen molar-refractivity contribution in [1.82, 2.24) is 5.43 Å². The third kappa shape index (κ3) is 4.62. The summed E-state index contributed by atoms with van der Waals surface area (Å²) in [6.45, 7) is 0.878. The van der Waals surface area contributed by atoms with Gasteiger partial charge in [0.1, 0.15) is 6.29 Å². The van der Waals surface area contributed by atoms with E-state index < -0.39 is 0 Å². The number of hydrogen-bond donors (Lipinski definition) is 2. The average molecular weight is 192 g/mol. The van der Waals surface area contributed by atoms with Crippen molar-refractivity contribution in [2.24, 2.45) is 0 Å². The summed E-state index contributed by atoms with van der Waals surface area (Å²) in [7, 11) is 0. The maximum Gasteiger partial charge on any atom is 0.119 e. The van der Waals surface area contributed by atoms with Gasteiger partial charge in [0.2, 0.25) is 0 Å². The van der Waals surface area contributed by atoms with Crippen molar-refractivity contribution >= 4 is 12.0 Å². The molecule has 1 rings (SSSR count). The molecule has 0 saturated carbocycles. The molecule has 2 N–H and O–H groups in total. The van der Waals surface area contributed by atoms with Crippen LogP contribution in [0.4, 0.5) is 5.69 Å². The van der Waals surface area contributed by atoms with Crippen LogP contribution in [-0.2, 0) is 4.79 Å². The molecular formula is C11H16N2O. The zero-order chi connectivity index (χ0) is 10.1. The SMILES string of the molecule is O=CCCCCNNc1ccccc1. The van der Waals surface area contributed by atoms with Gasteiger partial charge < -0.3 is 10.2 Å². The Morgan fingerprint density at radius 2 is 1.93 bits per heavy atom. The minimum atomic E-state index is 0.660. The fourth-order valence-electron chi connectivity index (χ4n) is 1.13. The van der Waals surface area contributed by atoms with Crippen LogP contribution in [0.2, 0.25) is 0 Å². The lowest BCUT2D eigenvalue weighted by molar-refractivity contribution is -0.107. The van der Waals surface area contributed by atoms with Crippen molar-refractivity contribution in [2.45, 2.75) is 19.3 Å². The lowest BCUT2D eigenvalue weighted by Crippen LogP contribution is -2.22. The Balaban J connectivity index is 2.02. The summed E-state index contributed by atoms with van der Waals surface area (Å²) < 4.78 is 0. The molecular weight excluding hydrogens is 176 g/mol. The predicted octanol–water partition coefficient (Wildman–Crippen LogP) is 1.97. The van der Waals surface area contributed by atoms with Crippen LogP contribution >= 0.6 is 0 Å². The molecule has 0 radical (unpaired) electrons. The smallest absolute Gasteiger partial charge is 0.119 e. The normalized spacial score (nSPS) is 9.71. The molecule has 0 aliphatic heterocycles. The number of benzene rings is 1. The summed E-state index contributed by atoms with van der Waals surface area (Å²) in [6, 6.07) is 9.94. The molecule has 0 unspecified atom stereocenters. The molecule has 0 spiro atoms. The summed E-state index contributed by atoms with van der Waals surface area (Å²) in [5, 5.41) is 0. The summed E-state index contributed by atoms with van der Waals surface area (Å²) in [4.78, 5) is 10.0. The van der Waals surface area contributed by atoms with Crippen LogP contribution in [0.15, 0.2) is 30.3 Å². The second kappa shape index (κ2) is 7.09. The highest BCUT2D eigenvalue weighted by Crippen LogP contribution is 2.02. The minimum Gasteiger partial charge on any atom is -0.322 e. The first-order chi connectivity index (χ1) is 6.93. The standard InChI is InChI=1S/C11H16N2O/c14-10-6-2-5-9-12-13-11-7-3-1-4-8-11/h1,3-4,7-8,10,12-13H,2,5-6,9H2. The first-order valence-electron chi connectivity index (χ1n) is 4.91. The van der Waals surface area contributed by atoms with E-state index >= 15 is 0 Å².